The molecule has 0 aliphatic rings. The molecule has 148 valence electrons. The number of hydrogen-bond acceptors (Lipinski definition) is 5. The first-order valence-corrected chi connectivity index (χ1v) is 9.94. The third-order valence-corrected chi connectivity index (χ3v) is 5.30. The van der Waals surface area contributed by atoms with Crippen LogP contribution < -0.4 is 0 Å². The van der Waals surface area contributed by atoms with Crippen LogP contribution in [0.3, 0.4) is 0 Å². The van der Waals surface area contributed by atoms with Gasteiger partial charge in [-0.05, 0) is 43.3 Å². The van der Waals surface area contributed by atoms with Gasteiger partial charge in [0.25, 0.3) is 0 Å². The Morgan fingerprint density at radius 2 is 1.61 bits per heavy atom. The summed E-state index contributed by atoms with van der Waals surface area (Å²) in [5.41, 5.74) is 8.92. The molecule has 0 bridgehead atoms. The molecule has 1 aromatic carbocycles. The second kappa shape index (κ2) is 6.84. The fraction of sp³-hybridized carbons (Fsp3) is 0.0417. The highest BCUT2D eigenvalue weighted by atomic mass is 15.1. The minimum atomic E-state index is 0.655. The highest BCUT2D eigenvalue weighted by molar-refractivity contribution is 5.95. The SMILES string of the molecule is Cc1cccc(-c2nccc3[nH]c(-c4n[nH]c5ccc(-c6ccncc6)nc45)nc23)c1. The minimum Gasteiger partial charge on any atom is -0.336 e. The minimum absolute atomic E-state index is 0.655. The van der Waals surface area contributed by atoms with E-state index in [0.717, 1.165) is 44.6 Å². The van der Waals surface area contributed by atoms with Gasteiger partial charge in [0.1, 0.15) is 11.0 Å². The summed E-state index contributed by atoms with van der Waals surface area (Å²) in [6.45, 7) is 2.07. The average Bonchev–Trinajstić information content (AvgIpc) is 3.43. The summed E-state index contributed by atoms with van der Waals surface area (Å²) in [5, 5.41) is 7.56. The van der Waals surface area contributed by atoms with E-state index in [1.807, 2.05) is 36.4 Å². The summed E-state index contributed by atoms with van der Waals surface area (Å²) in [6, 6.07) is 18.0. The van der Waals surface area contributed by atoms with Crippen molar-refractivity contribution in [2.75, 3.05) is 0 Å². The maximum absolute atomic E-state index is 4.86. The van der Waals surface area contributed by atoms with E-state index in [1.54, 1.807) is 18.6 Å². The Hall–Kier alpha value is -4.39. The third kappa shape index (κ3) is 2.95. The number of fused-ring (bicyclic) bond motifs is 2. The summed E-state index contributed by atoms with van der Waals surface area (Å²) in [7, 11) is 0. The molecule has 31 heavy (non-hydrogen) atoms. The molecule has 7 heteroatoms. The van der Waals surface area contributed by atoms with Gasteiger partial charge in [-0.1, -0.05) is 23.8 Å². The fourth-order valence-corrected chi connectivity index (χ4v) is 3.80. The van der Waals surface area contributed by atoms with Gasteiger partial charge in [-0.25, -0.2) is 9.97 Å². The standard InChI is InChI=1S/C24H17N7/c1-14-3-2-4-16(13-14)20-21-18(9-12-26-20)28-24(29-21)23-22-19(30-31-23)6-5-17(27-22)15-7-10-25-11-8-15/h2-13H,1H3,(H,28,29)(H,30,31). The van der Waals surface area contributed by atoms with Crippen LogP contribution in [0.25, 0.3) is 56.1 Å². The maximum Gasteiger partial charge on any atom is 0.161 e. The summed E-state index contributed by atoms with van der Waals surface area (Å²) in [6.07, 6.45) is 5.32. The molecule has 5 heterocycles. The first kappa shape index (κ1) is 17.5. The zero-order valence-electron chi connectivity index (χ0n) is 16.7. The van der Waals surface area contributed by atoms with Gasteiger partial charge in [-0.3, -0.25) is 15.1 Å². The number of aromatic amines is 2. The van der Waals surface area contributed by atoms with Gasteiger partial charge in [0.2, 0.25) is 0 Å². The summed E-state index contributed by atoms with van der Waals surface area (Å²) >= 11 is 0. The van der Waals surface area contributed by atoms with Crippen LogP contribution in [-0.4, -0.2) is 35.1 Å². The smallest absolute Gasteiger partial charge is 0.161 e. The van der Waals surface area contributed by atoms with Crippen LogP contribution in [0, 0.1) is 6.92 Å². The Balaban J connectivity index is 1.52. The number of imidazole rings is 1. The van der Waals surface area contributed by atoms with Crippen molar-refractivity contribution in [3.05, 3.63) is 78.8 Å². The number of nitrogens with one attached hydrogen (secondary N) is 2. The highest BCUT2D eigenvalue weighted by Gasteiger charge is 2.17. The summed E-state index contributed by atoms with van der Waals surface area (Å²) in [4.78, 5) is 21.8. The van der Waals surface area contributed by atoms with Crippen molar-refractivity contribution in [2.45, 2.75) is 6.92 Å². The number of H-pyrrole nitrogens is 2. The lowest BCUT2D eigenvalue weighted by atomic mass is 10.1. The number of aryl methyl sites for hydroxylation is 1. The molecular weight excluding hydrogens is 386 g/mol. The van der Waals surface area contributed by atoms with Crippen LogP contribution in [0.1, 0.15) is 5.56 Å². The van der Waals surface area contributed by atoms with Crippen molar-refractivity contribution >= 4 is 22.1 Å². The van der Waals surface area contributed by atoms with Gasteiger partial charge in [-0.2, -0.15) is 5.10 Å². The molecule has 0 aliphatic heterocycles. The van der Waals surface area contributed by atoms with Crippen LogP contribution in [-0.2, 0) is 0 Å². The predicted octanol–water partition coefficient (Wildman–Crippen LogP) is 4.93. The van der Waals surface area contributed by atoms with Crippen molar-refractivity contribution < 1.29 is 0 Å². The van der Waals surface area contributed by atoms with Crippen molar-refractivity contribution in [3.63, 3.8) is 0 Å². The Labute approximate surface area is 177 Å². The van der Waals surface area contributed by atoms with E-state index in [4.69, 9.17) is 9.97 Å². The number of rotatable bonds is 3. The van der Waals surface area contributed by atoms with Gasteiger partial charge >= 0.3 is 0 Å². The molecule has 6 aromatic rings. The van der Waals surface area contributed by atoms with Crippen LogP contribution in [0.2, 0.25) is 0 Å². The molecule has 0 fully saturated rings. The van der Waals surface area contributed by atoms with E-state index in [1.165, 1.54) is 5.56 Å². The third-order valence-electron chi connectivity index (χ3n) is 5.30. The zero-order chi connectivity index (χ0) is 20.8. The number of benzene rings is 1. The summed E-state index contributed by atoms with van der Waals surface area (Å²) < 4.78 is 0. The molecule has 0 unspecified atom stereocenters. The second-order valence-electron chi connectivity index (χ2n) is 7.41. The molecule has 6 rings (SSSR count). The summed E-state index contributed by atoms with van der Waals surface area (Å²) in [5.74, 6) is 0.655. The van der Waals surface area contributed by atoms with Gasteiger partial charge in [0.05, 0.1) is 22.4 Å². The van der Waals surface area contributed by atoms with Gasteiger partial charge in [-0.15, -0.1) is 0 Å². The molecule has 0 spiro atoms. The van der Waals surface area contributed by atoms with E-state index >= 15 is 0 Å². The van der Waals surface area contributed by atoms with Gasteiger partial charge in [0.15, 0.2) is 11.5 Å². The molecule has 0 amide bonds. The molecule has 0 saturated carbocycles. The highest BCUT2D eigenvalue weighted by Crippen LogP contribution is 2.30. The van der Waals surface area contributed by atoms with Crippen LogP contribution in [0.15, 0.2) is 73.2 Å². The Morgan fingerprint density at radius 1 is 0.742 bits per heavy atom. The fourth-order valence-electron chi connectivity index (χ4n) is 3.80. The van der Waals surface area contributed by atoms with E-state index in [9.17, 15) is 0 Å². The van der Waals surface area contributed by atoms with E-state index in [2.05, 4.69) is 50.3 Å². The predicted molar refractivity (Wildman–Crippen MR) is 120 cm³/mol. The van der Waals surface area contributed by atoms with E-state index in [0.29, 0.717) is 11.5 Å². The van der Waals surface area contributed by atoms with Crippen molar-refractivity contribution in [1.82, 2.24) is 35.1 Å². The second-order valence-corrected chi connectivity index (χ2v) is 7.41. The molecule has 7 nitrogen and oxygen atoms in total. The molecular formula is C24H17N7. The number of nitrogens with zero attached hydrogens (tertiary/aromatic N) is 5. The van der Waals surface area contributed by atoms with Crippen molar-refractivity contribution in [1.29, 1.82) is 0 Å². The maximum atomic E-state index is 4.86. The molecule has 0 radical (unpaired) electrons. The van der Waals surface area contributed by atoms with Gasteiger partial charge in [0, 0.05) is 29.7 Å². The first-order valence-electron chi connectivity index (χ1n) is 9.94. The van der Waals surface area contributed by atoms with E-state index in [-0.39, 0.29) is 0 Å². The lowest BCUT2D eigenvalue weighted by Crippen LogP contribution is -1.87. The zero-order valence-corrected chi connectivity index (χ0v) is 16.7. The van der Waals surface area contributed by atoms with E-state index < -0.39 is 0 Å². The quantitative estimate of drug-likeness (QED) is 0.437. The monoisotopic (exact) mass is 403 g/mol. The lowest BCUT2D eigenvalue weighted by molar-refractivity contribution is 1.10. The number of hydrogen-bond donors (Lipinski definition) is 2. The Morgan fingerprint density at radius 3 is 2.48 bits per heavy atom. The molecule has 5 aromatic heterocycles. The van der Waals surface area contributed by atoms with Crippen LogP contribution >= 0.6 is 0 Å². The Kier molecular flexibility index (Phi) is 3.86. The largest absolute Gasteiger partial charge is 0.336 e. The molecule has 0 aliphatic carbocycles. The molecule has 0 saturated heterocycles. The number of aromatic nitrogens is 7. The average molecular weight is 403 g/mol. The normalized spacial score (nSPS) is 11.4. The van der Waals surface area contributed by atoms with Crippen molar-refractivity contribution in [3.8, 4) is 34.0 Å². The van der Waals surface area contributed by atoms with Crippen LogP contribution in [0.5, 0.6) is 0 Å². The lowest BCUT2D eigenvalue weighted by Gasteiger charge is -2.02. The van der Waals surface area contributed by atoms with Crippen LogP contribution in [0.4, 0.5) is 0 Å². The van der Waals surface area contributed by atoms with Crippen molar-refractivity contribution in [2.24, 2.45) is 0 Å². The van der Waals surface area contributed by atoms with Gasteiger partial charge < -0.3 is 4.98 Å². The molecule has 2 N–H and O–H groups in total. The molecule has 0 atom stereocenters. The Bertz CT molecular complexity index is 1550. The first-order chi connectivity index (χ1) is 15.3. The topological polar surface area (TPSA) is 96.0 Å². The number of pyridine rings is 3.